The summed E-state index contributed by atoms with van der Waals surface area (Å²) in [5.74, 6) is -6.05. The second-order valence-electron chi connectivity index (χ2n) is 20.1. The van der Waals surface area contributed by atoms with E-state index in [1.165, 1.54) is 12.1 Å². The lowest BCUT2D eigenvalue weighted by atomic mass is 9.60. The number of esters is 2. The number of likely N-dealkylation sites (tertiary alicyclic amines) is 2. The smallest absolute Gasteiger partial charge is 0.375 e. The van der Waals surface area contributed by atoms with Crippen LogP contribution in [-0.2, 0) is 28.7 Å². The number of fused-ring (bicyclic) bond motifs is 4. The third-order valence-corrected chi connectivity index (χ3v) is 16.8. The first-order valence-electron chi connectivity index (χ1n) is 23.1. The highest BCUT2D eigenvalue weighted by molar-refractivity contribution is 6.11. The number of carbonyl (C=O) groups excluding carboxylic acids is 6. The molecule has 0 aromatic heterocycles. The molecule has 3 aliphatic heterocycles. The number of nitrogens with two attached hydrogens (primary N) is 4. The number of ether oxygens (including phenoxy) is 2. The highest BCUT2D eigenvalue weighted by Gasteiger charge is 2.73. The number of amides is 4. The Labute approximate surface area is 384 Å². The number of primary amides is 4. The number of rotatable bonds is 15. The molecule has 0 saturated carbocycles. The van der Waals surface area contributed by atoms with E-state index in [0.717, 1.165) is 22.3 Å². The molecule has 4 amide bonds. The zero-order valence-electron chi connectivity index (χ0n) is 38.6. The third-order valence-electron chi connectivity index (χ3n) is 16.8. The summed E-state index contributed by atoms with van der Waals surface area (Å²) in [4.78, 5) is 90.2. The molecule has 66 heavy (non-hydrogen) atoms. The van der Waals surface area contributed by atoms with Crippen LogP contribution < -0.4 is 27.8 Å². The van der Waals surface area contributed by atoms with Gasteiger partial charge in [-0.15, -0.1) is 0 Å². The summed E-state index contributed by atoms with van der Waals surface area (Å²) in [5, 5.41) is 0. The van der Waals surface area contributed by atoms with E-state index in [2.05, 4.69) is 11.8 Å². The van der Waals surface area contributed by atoms with Crippen LogP contribution in [0.5, 0.6) is 0 Å². The van der Waals surface area contributed by atoms with Gasteiger partial charge in [0, 0.05) is 59.6 Å². The first kappa shape index (κ1) is 46.7. The number of allylic oxidation sites excluding steroid dienone is 12. The quantitative estimate of drug-likeness (QED) is 0.129. The van der Waals surface area contributed by atoms with Crippen molar-refractivity contribution in [3.05, 3.63) is 101 Å². The Bertz CT molecular complexity index is 2430. The van der Waals surface area contributed by atoms with Crippen LogP contribution in [-0.4, -0.2) is 93.6 Å². The van der Waals surface area contributed by atoms with Crippen LogP contribution in [0.15, 0.2) is 95.2 Å². The highest BCUT2D eigenvalue weighted by atomic mass is 19.1. The van der Waals surface area contributed by atoms with Gasteiger partial charge in [-0.05, 0) is 84.9 Å². The molecular formula is C50H62FN7O8. The van der Waals surface area contributed by atoms with E-state index in [1.807, 2.05) is 71.4 Å². The average Bonchev–Trinajstić information content (AvgIpc) is 4.11. The standard InChI is InChI=1S/C50H62FN7O8/c1-7-32-26-36(35-14-10-24-56(35)49(40(52)59,42(61)65-44(54)63)46(3,4)38-28-16-17-29(38)19-18-28)58(34-13-9-12-33(51)27-34)48(32,8-2)37-15-11-25-57(37)50(41(53)60,43(62)66-45(55)64)47(5,6)39-30-20-21-31(39)23-22-30/h9,12-13,16-23,27,32,35-39H,7-8,10-11,14-15,24-26H2,1-6H3,(H2,52,59)(H2,53,60)(H2,54,63)(H2,55,64)/t32?,35?,36?,37?,48-,49-,50-/m0/s1. The van der Waals surface area contributed by atoms with Gasteiger partial charge < -0.3 is 37.3 Å². The second kappa shape index (κ2) is 16.5. The van der Waals surface area contributed by atoms with Crippen LogP contribution in [0, 0.1) is 34.4 Å². The minimum Gasteiger partial charge on any atom is -0.375 e. The summed E-state index contributed by atoms with van der Waals surface area (Å²) in [7, 11) is 0. The fraction of sp³-hybridized carbons (Fsp3) is 0.520. The molecule has 8 rings (SSSR count). The SMILES string of the molecule is CCC1CC(C2CCCN2[C@@](C(N)=O)(C(=O)OC(N)=O)C(C)(C)C2C3=CC=C2C=C3)N(c2cccc(F)c2)[C@]1(CC)C1CCCN1[C@@](C(N)=O)(C(=O)OC(N)=O)C(C)(C)C1C2=CC=C1C=C2. The van der Waals surface area contributed by atoms with Gasteiger partial charge in [0.1, 0.15) is 5.82 Å². The van der Waals surface area contributed by atoms with Crippen molar-refractivity contribution >= 4 is 41.6 Å². The van der Waals surface area contributed by atoms with Crippen molar-refractivity contribution in [2.75, 3.05) is 18.0 Å². The molecule has 0 radical (unpaired) electrons. The maximum atomic E-state index is 15.8. The minimum absolute atomic E-state index is 0.206. The Morgan fingerprint density at radius 3 is 1.59 bits per heavy atom. The number of anilines is 1. The van der Waals surface area contributed by atoms with Crippen LogP contribution >= 0.6 is 0 Å². The Balaban J connectivity index is 1.33. The van der Waals surface area contributed by atoms with Crippen molar-refractivity contribution in [3.63, 3.8) is 0 Å². The zero-order chi connectivity index (χ0) is 47.9. The second-order valence-corrected chi connectivity index (χ2v) is 20.1. The summed E-state index contributed by atoms with van der Waals surface area (Å²) in [6.07, 6.45) is 16.1. The molecule has 0 spiro atoms. The molecule has 8 N–H and O–H groups in total. The van der Waals surface area contributed by atoms with Crippen molar-refractivity contribution in [1.29, 1.82) is 0 Å². The molecule has 352 valence electrons. The van der Waals surface area contributed by atoms with E-state index in [9.17, 15) is 28.8 Å². The van der Waals surface area contributed by atoms with Gasteiger partial charge in [0.15, 0.2) is 0 Å². The van der Waals surface area contributed by atoms with Crippen molar-refractivity contribution < 1.29 is 42.6 Å². The van der Waals surface area contributed by atoms with E-state index >= 15 is 4.39 Å². The van der Waals surface area contributed by atoms with Crippen LogP contribution in [0.2, 0.25) is 0 Å². The highest BCUT2D eigenvalue weighted by Crippen LogP contribution is 2.61. The minimum atomic E-state index is -2.27. The Hall–Kier alpha value is -5.87. The predicted molar refractivity (Wildman–Crippen MR) is 244 cm³/mol. The third kappa shape index (κ3) is 6.33. The predicted octanol–water partition coefficient (Wildman–Crippen LogP) is 5.36. The van der Waals surface area contributed by atoms with Crippen LogP contribution in [0.3, 0.4) is 0 Å². The van der Waals surface area contributed by atoms with Gasteiger partial charge >= 0.3 is 24.1 Å². The van der Waals surface area contributed by atoms with Gasteiger partial charge in [-0.2, -0.15) is 0 Å². The molecule has 3 heterocycles. The lowest BCUT2D eigenvalue weighted by Gasteiger charge is -2.58. The van der Waals surface area contributed by atoms with E-state index in [1.54, 1.807) is 33.8 Å². The molecule has 4 aliphatic carbocycles. The lowest BCUT2D eigenvalue weighted by molar-refractivity contribution is -0.173. The van der Waals surface area contributed by atoms with Crippen molar-refractivity contribution in [2.45, 2.75) is 121 Å². The van der Waals surface area contributed by atoms with Gasteiger partial charge in [-0.3, -0.25) is 19.4 Å². The fourth-order valence-electron chi connectivity index (χ4n) is 14.6. The molecule has 1 aromatic rings. The normalized spacial score (nSPS) is 28.2. The monoisotopic (exact) mass is 907 g/mol. The first-order chi connectivity index (χ1) is 31.2. The molecule has 15 nitrogen and oxygen atoms in total. The van der Waals surface area contributed by atoms with Crippen molar-refractivity contribution in [1.82, 2.24) is 9.80 Å². The molecule has 3 saturated heterocycles. The molecule has 7 aliphatic rings. The van der Waals surface area contributed by atoms with E-state index < -0.39 is 99.2 Å². The number of nitrogens with zero attached hydrogens (tertiary/aromatic N) is 3. The summed E-state index contributed by atoms with van der Waals surface area (Å²) in [6, 6.07) is 4.39. The molecule has 4 unspecified atom stereocenters. The van der Waals surface area contributed by atoms with Crippen LogP contribution in [0.4, 0.5) is 19.7 Å². The number of carbonyl (C=O) groups is 6. The Kier molecular flexibility index (Phi) is 11.6. The number of hydrogen-bond acceptors (Lipinski definition) is 11. The van der Waals surface area contributed by atoms with Gasteiger partial charge in [0.2, 0.25) is 22.9 Å². The molecule has 3 fully saturated rings. The average molecular weight is 908 g/mol. The molecule has 1 aromatic carbocycles. The Morgan fingerprint density at radius 1 is 0.697 bits per heavy atom. The van der Waals surface area contributed by atoms with Gasteiger partial charge in [-0.25, -0.2) is 23.6 Å². The van der Waals surface area contributed by atoms with Crippen molar-refractivity contribution in [2.24, 2.45) is 51.5 Å². The number of benzene rings is 1. The first-order valence-corrected chi connectivity index (χ1v) is 23.1. The Morgan fingerprint density at radius 2 is 1.17 bits per heavy atom. The topological polar surface area (TPSA) is 235 Å². The number of halogens is 1. The van der Waals surface area contributed by atoms with Crippen molar-refractivity contribution in [3.8, 4) is 0 Å². The lowest BCUT2D eigenvalue weighted by Crippen LogP contribution is -2.77. The summed E-state index contributed by atoms with van der Waals surface area (Å²) in [5.41, 5.74) is 20.0. The number of hydrogen-bond donors (Lipinski definition) is 4. The molecule has 4 bridgehead atoms. The van der Waals surface area contributed by atoms with Crippen LogP contribution in [0.25, 0.3) is 0 Å². The van der Waals surface area contributed by atoms with E-state index in [-0.39, 0.29) is 19.0 Å². The maximum Gasteiger partial charge on any atom is 0.412 e. The molecular weight excluding hydrogens is 846 g/mol. The fourth-order valence-corrected chi connectivity index (χ4v) is 14.6. The zero-order valence-corrected chi connectivity index (χ0v) is 38.6. The maximum absolute atomic E-state index is 15.8. The van der Waals surface area contributed by atoms with E-state index in [0.29, 0.717) is 50.6 Å². The van der Waals surface area contributed by atoms with Gasteiger partial charge in [0.25, 0.3) is 0 Å². The van der Waals surface area contributed by atoms with Crippen LogP contribution in [0.1, 0.15) is 86.5 Å². The summed E-state index contributed by atoms with van der Waals surface area (Å²) in [6.45, 7) is 11.7. The molecule has 16 heteroatoms. The van der Waals surface area contributed by atoms with E-state index in [4.69, 9.17) is 32.4 Å². The largest absolute Gasteiger partial charge is 0.412 e. The molecule has 7 atom stereocenters. The summed E-state index contributed by atoms with van der Waals surface area (Å²) < 4.78 is 26.4. The van der Waals surface area contributed by atoms with Gasteiger partial charge in [0.05, 0.1) is 5.54 Å². The summed E-state index contributed by atoms with van der Waals surface area (Å²) >= 11 is 0. The van der Waals surface area contributed by atoms with Gasteiger partial charge in [-0.1, -0.05) is 103 Å².